The minimum Gasteiger partial charge on any atom is -0.497 e. The number of methoxy groups -OCH3 is 1. The molecule has 9 heteroatoms. The van der Waals surface area contributed by atoms with E-state index in [0.717, 1.165) is 5.56 Å². The van der Waals surface area contributed by atoms with Gasteiger partial charge in [-0.2, -0.15) is 17.0 Å². The minimum absolute atomic E-state index is 0.231. The number of nitrogens with zero attached hydrogens (tertiary/aromatic N) is 2. The summed E-state index contributed by atoms with van der Waals surface area (Å²) in [7, 11) is -2.16. The van der Waals surface area contributed by atoms with Crippen LogP contribution in [0, 0.1) is 0 Å². The fourth-order valence-corrected chi connectivity index (χ4v) is 4.73. The van der Waals surface area contributed by atoms with Crippen LogP contribution in [0.4, 0.5) is 5.69 Å². The third-order valence-corrected chi connectivity index (χ3v) is 6.61. The summed E-state index contributed by atoms with van der Waals surface area (Å²) in [5.74, 6) is 0.288. The van der Waals surface area contributed by atoms with Gasteiger partial charge in [0, 0.05) is 30.3 Å². The highest BCUT2D eigenvalue weighted by Gasteiger charge is 2.34. The molecule has 2 aromatic carbocycles. The van der Waals surface area contributed by atoms with Crippen LogP contribution in [0.1, 0.15) is 12.0 Å². The molecule has 1 aliphatic heterocycles. The van der Waals surface area contributed by atoms with Crippen LogP contribution in [-0.2, 0) is 21.5 Å². The van der Waals surface area contributed by atoms with Gasteiger partial charge in [-0.25, -0.2) is 0 Å². The molecule has 0 bridgehead atoms. The number of carbonyl (C=O) groups is 1. The second kappa shape index (κ2) is 8.91. The molecule has 0 spiro atoms. The van der Waals surface area contributed by atoms with E-state index < -0.39 is 10.2 Å². The number of ether oxygens (including phenoxy) is 1. The number of hydrogen-bond acceptors (Lipinski definition) is 4. The van der Waals surface area contributed by atoms with Crippen LogP contribution in [0.2, 0.25) is 5.02 Å². The van der Waals surface area contributed by atoms with E-state index >= 15 is 0 Å². The van der Waals surface area contributed by atoms with Gasteiger partial charge in [-0.15, -0.1) is 0 Å². The van der Waals surface area contributed by atoms with Crippen molar-refractivity contribution in [2.24, 2.45) is 0 Å². The van der Waals surface area contributed by atoms with Gasteiger partial charge >= 0.3 is 0 Å². The molecular formula is C19H22ClN3O4S. The van der Waals surface area contributed by atoms with E-state index in [9.17, 15) is 13.2 Å². The summed E-state index contributed by atoms with van der Waals surface area (Å²) < 4.78 is 33.4. The first-order chi connectivity index (χ1) is 13.4. The summed E-state index contributed by atoms with van der Waals surface area (Å²) in [6.45, 7) is 0.749. The first-order valence-corrected chi connectivity index (χ1v) is 10.6. The summed E-state index contributed by atoms with van der Waals surface area (Å²) in [5, 5.41) is 3.31. The Morgan fingerprint density at radius 1 is 1.07 bits per heavy atom. The van der Waals surface area contributed by atoms with Gasteiger partial charge in [-0.05, 0) is 48.4 Å². The molecule has 7 nitrogen and oxygen atoms in total. The van der Waals surface area contributed by atoms with Crippen molar-refractivity contribution >= 4 is 33.4 Å². The van der Waals surface area contributed by atoms with E-state index in [-0.39, 0.29) is 19.0 Å². The molecule has 1 fully saturated rings. The number of anilines is 1. The van der Waals surface area contributed by atoms with Crippen LogP contribution in [0.25, 0.3) is 0 Å². The molecular weight excluding hydrogens is 402 g/mol. The van der Waals surface area contributed by atoms with Crippen molar-refractivity contribution < 1.29 is 17.9 Å². The van der Waals surface area contributed by atoms with Crippen molar-refractivity contribution in [3.8, 4) is 5.75 Å². The molecule has 0 aliphatic carbocycles. The second-order valence-corrected chi connectivity index (χ2v) is 8.80. The number of nitrogens with one attached hydrogen (secondary N) is 1. The quantitative estimate of drug-likeness (QED) is 0.774. The summed E-state index contributed by atoms with van der Waals surface area (Å²) in [4.78, 5) is 12.3. The van der Waals surface area contributed by atoms with Gasteiger partial charge in [0.2, 0.25) is 5.91 Å². The summed E-state index contributed by atoms with van der Waals surface area (Å²) in [6, 6.07) is 13.9. The maximum atomic E-state index is 12.9. The van der Waals surface area contributed by atoms with Crippen molar-refractivity contribution in [2.45, 2.75) is 13.0 Å². The van der Waals surface area contributed by atoms with Crippen molar-refractivity contribution in [1.82, 2.24) is 8.61 Å². The average Bonchev–Trinajstić information content (AvgIpc) is 2.67. The predicted octanol–water partition coefficient (Wildman–Crippen LogP) is 2.74. The third kappa shape index (κ3) is 5.02. The highest BCUT2D eigenvalue weighted by atomic mass is 35.5. The maximum absolute atomic E-state index is 12.9. The smallest absolute Gasteiger partial charge is 0.282 e. The van der Waals surface area contributed by atoms with Crippen LogP contribution in [0.5, 0.6) is 5.75 Å². The molecule has 3 rings (SSSR count). The largest absolute Gasteiger partial charge is 0.497 e. The lowest BCUT2D eigenvalue weighted by Crippen LogP contribution is -2.51. The Kier molecular flexibility index (Phi) is 6.56. The Hall–Kier alpha value is -2.13. The molecule has 1 heterocycles. The van der Waals surface area contributed by atoms with Gasteiger partial charge in [0.05, 0.1) is 13.7 Å². The van der Waals surface area contributed by atoms with Crippen molar-refractivity contribution in [2.75, 3.05) is 32.1 Å². The van der Waals surface area contributed by atoms with Crippen molar-refractivity contribution in [3.63, 3.8) is 0 Å². The van der Waals surface area contributed by atoms with E-state index in [0.29, 0.717) is 36.0 Å². The van der Waals surface area contributed by atoms with Crippen molar-refractivity contribution in [3.05, 3.63) is 59.1 Å². The summed E-state index contributed by atoms with van der Waals surface area (Å²) in [6.07, 6.45) is 0.655. The van der Waals surface area contributed by atoms with E-state index in [1.54, 1.807) is 55.6 Å². The molecule has 0 radical (unpaired) electrons. The van der Waals surface area contributed by atoms with E-state index in [4.69, 9.17) is 16.3 Å². The van der Waals surface area contributed by atoms with E-state index in [1.165, 1.54) is 8.61 Å². The Labute approximate surface area is 170 Å². The average molecular weight is 424 g/mol. The first kappa shape index (κ1) is 20.6. The fraction of sp³-hybridized carbons (Fsp3) is 0.316. The molecule has 28 heavy (non-hydrogen) atoms. The zero-order chi connectivity index (χ0) is 20.1. The van der Waals surface area contributed by atoms with E-state index in [1.807, 2.05) is 0 Å². The molecule has 150 valence electrons. The molecule has 0 saturated carbocycles. The molecule has 1 amide bonds. The van der Waals surface area contributed by atoms with Gasteiger partial charge < -0.3 is 10.1 Å². The second-order valence-electron chi connectivity index (χ2n) is 6.43. The summed E-state index contributed by atoms with van der Waals surface area (Å²) in [5.41, 5.74) is 1.43. The number of amides is 1. The van der Waals surface area contributed by atoms with Gasteiger partial charge in [0.25, 0.3) is 10.2 Å². The lowest BCUT2D eigenvalue weighted by molar-refractivity contribution is -0.116. The number of rotatable bonds is 6. The standard InChI is InChI=1S/C19H22ClN3O4S/c1-27-18-9-7-17(8-10-18)21-19(24)14-23-12-2-11-22(28(23,25)26)13-15-3-5-16(20)6-4-15/h3-10H,2,11-14H2,1H3,(H,21,24). The van der Waals surface area contributed by atoms with Crippen LogP contribution >= 0.6 is 11.6 Å². The van der Waals surface area contributed by atoms with Gasteiger partial charge in [-0.1, -0.05) is 23.7 Å². The Morgan fingerprint density at radius 3 is 2.36 bits per heavy atom. The first-order valence-electron chi connectivity index (χ1n) is 8.82. The Bertz CT molecular complexity index is 917. The normalized spacial score (nSPS) is 17.2. The lowest BCUT2D eigenvalue weighted by Gasteiger charge is -2.34. The molecule has 0 unspecified atom stereocenters. The predicted molar refractivity (Wildman–Crippen MR) is 109 cm³/mol. The third-order valence-electron chi connectivity index (χ3n) is 4.43. The van der Waals surface area contributed by atoms with Gasteiger partial charge in [0.1, 0.15) is 5.75 Å². The highest BCUT2D eigenvalue weighted by Crippen LogP contribution is 2.21. The minimum atomic E-state index is -3.72. The van der Waals surface area contributed by atoms with Gasteiger partial charge in [-0.3, -0.25) is 4.79 Å². The number of carbonyl (C=O) groups excluding carboxylic acids is 1. The van der Waals surface area contributed by atoms with Crippen molar-refractivity contribution in [1.29, 1.82) is 0 Å². The zero-order valence-corrected chi connectivity index (χ0v) is 17.0. The maximum Gasteiger partial charge on any atom is 0.282 e. The SMILES string of the molecule is COc1ccc(NC(=O)CN2CCCN(Cc3ccc(Cl)cc3)S2(=O)=O)cc1. The summed E-state index contributed by atoms with van der Waals surface area (Å²) >= 11 is 5.88. The van der Waals surface area contributed by atoms with E-state index in [2.05, 4.69) is 5.32 Å². The molecule has 0 atom stereocenters. The monoisotopic (exact) mass is 423 g/mol. The Morgan fingerprint density at radius 2 is 1.71 bits per heavy atom. The zero-order valence-electron chi connectivity index (χ0n) is 15.5. The number of hydrogen-bond donors (Lipinski definition) is 1. The molecule has 1 saturated heterocycles. The lowest BCUT2D eigenvalue weighted by atomic mass is 10.2. The number of halogens is 1. The Balaban J connectivity index is 1.64. The van der Waals surface area contributed by atoms with Gasteiger partial charge in [0.15, 0.2) is 0 Å². The van der Waals surface area contributed by atoms with Crippen LogP contribution < -0.4 is 10.1 Å². The fourth-order valence-electron chi connectivity index (χ4n) is 2.97. The van der Waals surface area contributed by atoms with Crippen LogP contribution in [0.15, 0.2) is 48.5 Å². The van der Waals surface area contributed by atoms with Crippen LogP contribution in [-0.4, -0.2) is 49.7 Å². The molecule has 1 N–H and O–H groups in total. The topological polar surface area (TPSA) is 79.0 Å². The molecule has 2 aromatic rings. The molecule has 0 aromatic heterocycles. The van der Waals surface area contributed by atoms with Crippen LogP contribution in [0.3, 0.4) is 0 Å². The highest BCUT2D eigenvalue weighted by molar-refractivity contribution is 7.86. The molecule has 1 aliphatic rings. The number of benzene rings is 2.